The Morgan fingerprint density at radius 2 is 1.64 bits per heavy atom. The van der Waals surface area contributed by atoms with Gasteiger partial charge in [0, 0.05) is 20.6 Å². The number of hydrogen-bond donors (Lipinski definition) is 0. The van der Waals surface area contributed by atoms with Gasteiger partial charge in [-0.3, -0.25) is 0 Å². The third-order valence-corrected chi connectivity index (χ3v) is 6.93. The molecule has 0 aliphatic rings. The molecule has 0 aliphatic heterocycles. The van der Waals surface area contributed by atoms with Gasteiger partial charge in [0.1, 0.15) is 0 Å². The molecule has 0 saturated heterocycles. The van der Waals surface area contributed by atoms with Crippen molar-refractivity contribution in [2.75, 3.05) is 6.26 Å². The molecule has 0 amide bonds. The first-order valence-electron chi connectivity index (χ1n) is 8.23. The molecule has 3 nitrogen and oxygen atoms in total. The Kier molecular flexibility index (Phi) is 4.75. The minimum Gasteiger partial charge on any atom is -0.245 e. The summed E-state index contributed by atoms with van der Waals surface area (Å²) in [6.45, 7) is 6.57. The van der Waals surface area contributed by atoms with Crippen LogP contribution in [0.4, 0.5) is 0 Å². The van der Waals surface area contributed by atoms with Crippen LogP contribution in [0.25, 0.3) is 10.9 Å². The van der Waals surface area contributed by atoms with Crippen molar-refractivity contribution in [2.24, 2.45) is 5.92 Å². The fourth-order valence-corrected chi connectivity index (χ4v) is 4.61. The molecule has 0 spiro atoms. The average Bonchev–Trinajstić information content (AvgIpc) is 2.95. The smallest absolute Gasteiger partial charge is 0.236 e. The summed E-state index contributed by atoms with van der Waals surface area (Å²) >= 11 is 2.30. The maximum atomic E-state index is 12.3. The third kappa shape index (κ3) is 3.12. The molecule has 0 bridgehead atoms. The number of para-hydroxylation sites is 1. The minimum atomic E-state index is -3.37. The second kappa shape index (κ2) is 6.43. The molecule has 0 radical (unpaired) electrons. The quantitative estimate of drug-likeness (QED) is 0.506. The van der Waals surface area contributed by atoms with Gasteiger partial charge in [-0.15, -0.1) is 0 Å². The summed E-state index contributed by atoms with van der Waals surface area (Å²) in [6, 6.07) is 16.2. The second-order valence-electron chi connectivity index (χ2n) is 6.98. The fraction of sp³-hybridized carbons (Fsp3) is 0.300. The highest BCUT2D eigenvalue weighted by atomic mass is 127. The molecule has 2 aromatic carbocycles. The molecule has 5 heteroatoms. The summed E-state index contributed by atoms with van der Waals surface area (Å²) in [4.78, 5) is 0. The van der Waals surface area contributed by atoms with Crippen molar-refractivity contribution in [1.29, 1.82) is 0 Å². The van der Waals surface area contributed by atoms with E-state index in [-0.39, 0.29) is 5.41 Å². The van der Waals surface area contributed by atoms with E-state index in [4.69, 9.17) is 0 Å². The van der Waals surface area contributed by atoms with Crippen molar-refractivity contribution in [1.82, 2.24) is 3.97 Å². The van der Waals surface area contributed by atoms with Gasteiger partial charge in [0.15, 0.2) is 0 Å². The van der Waals surface area contributed by atoms with Crippen LogP contribution in [0.2, 0.25) is 0 Å². The zero-order valence-electron chi connectivity index (χ0n) is 14.8. The van der Waals surface area contributed by atoms with E-state index in [2.05, 4.69) is 67.6 Å². The molecule has 3 rings (SSSR count). The molecule has 0 fully saturated rings. The Labute approximate surface area is 163 Å². The van der Waals surface area contributed by atoms with Crippen LogP contribution in [0.15, 0.2) is 54.7 Å². The van der Waals surface area contributed by atoms with Crippen molar-refractivity contribution >= 4 is 43.5 Å². The van der Waals surface area contributed by atoms with Gasteiger partial charge in [-0.1, -0.05) is 51.1 Å². The summed E-state index contributed by atoms with van der Waals surface area (Å²) < 4.78 is 27.2. The van der Waals surface area contributed by atoms with Crippen molar-refractivity contribution < 1.29 is 8.42 Å². The first-order valence-corrected chi connectivity index (χ1v) is 11.2. The summed E-state index contributed by atoms with van der Waals surface area (Å²) in [7, 11) is -3.37. The van der Waals surface area contributed by atoms with Crippen molar-refractivity contribution in [2.45, 2.75) is 26.2 Å². The minimum absolute atomic E-state index is 0.292. The van der Waals surface area contributed by atoms with Gasteiger partial charge in [0.25, 0.3) is 0 Å². The van der Waals surface area contributed by atoms with Gasteiger partial charge >= 0.3 is 0 Å². The van der Waals surface area contributed by atoms with Crippen molar-refractivity contribution in [3.8, 4) is 0 Å². The lowest BCUT2D eigenvalue weighted by molar-refractivity contribution is 0.408. The molecule has 132 valence electrons. The molecule has 0 aliphatic carbocycles. The topological polar surface area (TPSA) is 39.1 Å². The Morgan fingerprint density at radius 3 is 2.20 bits per heavy atom. The second-order valence-corrected chi connectivity index (χ2v) is 10.1. The monoisotopic (exact) mass is 467 g/mol. The van der Waals surface area contributed by atoms with Crippen molar-refractivity contribution in [3.05, 3.63) is 69.4 Å². The van der Waals surface area contributed by atoms with Crippen LogP contribution >= 0.6 is 22.6 Å². The number of benzene rings is 2. The van der Waals surface area contributed by atoms with Gasteiger partial charge in [-0.25, -0.2) is 12.4 Å². The number of hydrogen-bond acceptors (Lipinski definition) is 2. The van der Waals surface area contributed by atoms with Crippen LogP contribution < -0.4 is 0 Å². The van der Waals surface area contributed by atoms with Gasteiger partial charge in [-0.2, -0.15) is 0 Å². The maximum Gasteiger partial charge on any atom is 0.236 e. The molecule has 1 unspecified atom stereocenters. The Hall–Kier alpha value is -1.34. The average molecular weight is 467 g/mol. The van der Waals surface area contributed by atoms with Crippen LogP contribution in [0, 0.1) is 9.49 Å². The lowest BCUT2D eigenvalue weighted by Gasteiger charge is -2.34. The normalized spacial score (nSPS) is 14.8. The van der Waals surface area contributed by atoms with E-state index in [0.717, 1.165) is 16.5 Å². The van der Waals surface area contributed by atoms with Crippen LogP contribution in [-0.4, -0.2) is 18.6 Å². The third-order valence-electron chi connectivity index (χ3n) is 5.19. The molecule has 1 aromatic heterocycles. The van der Waals surface area contributed by atoms with E-state index in [0.29, 0.717) is 5.92 Å². The molecule has 3 aromatic rings. The highest BCUT2D eigenvalue weighted by Gasteiger charge is 2.36. The number of nitrogens with zero attached hydrogens (tertiary/aromatic N) is 1. The molecular formula is C20H22INO2S. The van der Waals surface area contributed by atoms with Gasteiger partial charge in [0.05, 0.1) is 11.8 Å². The number of halogens is 1. The van der Waals surface area contributed by atoms with E-state index in [1.165, 1.54) is 19.4 Å². The van der Waals surface area contributed by atoms with E-state index in [1.807, 2.05) is 24.3 Å². The van der Waals surface area contributed by atoms with E-state index in [9.17, 15) is 8.42 Å². The van der Waals surface area contributed by atoms with Crippen LogP contribution in [0.3, 0.4) is 0 Å². The molecule has 0 saturated carbocycles. The van der Waals surface area contributed by atoms with Crippen molar-refractivity contribution in [3.63, 3.8) is 0 Å². The molecule has 25 heavy (non-hydrogen) atoms. The summed E-state index contributed by atoms with van der Waals surface area (Å²) in [5.41, 5.74) is 2.68. The SMILES string of the molecule is CC(C)C(C)(c1ccc(I)cc1)c1cn(S(C)(=O)=O)c2ccccc12. The van der Waals surface area contributed by atoms with Gasteiger partial charge in [-0.05, 0) is 57.8 Å². The fourth-order valence-electron chi connectivity index (χ4n) is 3.43. The zero-order valence-corrected chi connectivity index (χ0v) is 17.8. The lowest BCUT2D eigenvalue weighted by Crippen LogP contribution is -2.30. The molecular weight excluding hydrogens is 445 g/mol. The summed E-state index contributed by atoms with van der Waals surface area (Å²) in [5.74, 6) is 0.298. The molecule has 0 N–H and O–H groups in total. The number of fused-ring (bicyclic) bond motifs is 1. The predicted octanol–water partition coefficient (Wildman–Crippen LogP) is 5.02. The van der Waals surface area contributed by atoms with E-state index < -0.39 is 10.0 Å². The van der Waals surface area contributed by atoms with Crippen LogP contribution in [-0.2, 0) is 15.4 Å². The van der Waals surface area contributed by atoms with Crippen LogP contribution in [0.5, 0.6) is 0 Å². The highest BCUT2D eigenvalue weighted by Crippen LogP contribution is 2.43. The maximum absolute atomic E-state index is 12.3. The molecule has 1 heterocycles. The van der Waals surface area contributed by atoms with Crippen LogP contribution in [0.1, 0.15) is 31.9 Å². The highest BCUT2D eigenvalue weighted by molar-refractivity contribution is 14.1. The van der Waals surface area contributed by atoms with E-state index >= 15 is 0 Å². The standard InChI is InChI=1S/C20H22INO2S/c1-14(2)20(3,15-9-11-16(21)12-10-15)18-13-22(25(4,23)24)19-8-6-5-7-17(18)19/h5-14H,1-4H3. The lowest BCUT2D eigenvalue weighted by atomic mass is 9.68. The zero-order chi connectivity index (χ0) is 18.4. The summed E-state index contributed by atoms with van der Waals surface area (Å²) in [6.07, 6.45) is 3.05. The number of aromatic nitrogens is 1. The Bertz CT molecular complexity index is 1020. The first-order chi connectivity index (χ1) is 11.7. The molecule has 1 atom stereocenters. The predicted molar refractivity (Wildman–Crippen MR) is 113 cm³/mol. The largest absolute Gasteiger partial charge is 0.245 e. The van der Waals surface area contributed by atoms with E-state index in [1.54, 1.807) is 6.20 Å². The first kappa shape index (κ1) is 18.5. The summed E-state index contributed by atoms with van der Waals surface area (Å²) in [5, 5.41) is 0.989. The van der Waals surface area contributed by atoms with Gasteiger partial charge in [0.2, 0.25) is 10.0 Å². The number of rotatable bonds is 4. The Balaban J connectivity index is 2.37. The van der Waals surface area contributed by atoms with Gasteiger partial charge < -0.3 is 0 Å². The Morgan fingerprint density at radius 1 is 1.04 bits per heavy atom.